The molecule has 1 unspecified atom stereocenters. The SMILES string of the molecule is CCC(CC)OC(=O)CC(NC(=O)[C@H](CC)n1ccc2ccc(Cl)cc2c1=O)C(=O)COc1c(F)c(F)cc(F)c1F. The first-order chi connectivity index (χ1) is 19.9. The van der Waals surface area contributed by atoms with Crippen molar-refractivity contribution in [1.29, 1.82) is 0 Å². The summed E-state index contributed by atoms with van der Waals surface area (Å²) in [6.45, 7) is 4.01. The van der Waals surface area contributed by atoms with Crippen LogP contribution in [0.15, 0.2) is 41.3 Å². The summed E-state index contributed by atoms with van der Waals surface area (Å²) in [6, 6.07) is 3.50. The summed E-state index contributed by atoms with van der Waals surface area (Å²) in [6.07, 6.45) is 1.29. The van der Waals surface area contributed by atoms with Crippen molar-refractivity contribution in [2.75, 3.05) is 6.61 Å². The molecule has 13 heteroatoms. The first kappa shape index (κ1) is 32.6. The van der Waals surface area contributed by atoms with Crippen LogP contribution in [0, 0.1) is 23.3 Å². The average Bonchev–Trinajstić information content (AvgIpc) is 2.96. The Kier molecular flexibility index (Phi) is 11.1. The molecular formula is C29H29ClF4N2O6. The van der Waals surface area contributed by atoms with Crippen molar-refractivity contribution in [2.45, 2.75) is 64.6 Å². The second kappa shape index (κ2) is 14.3. The zero-order valence-electron chi connectivity index (χ0n) is 23.0. The number of ketones is 1. The van der Waals surface area contributed by atoms with E-state index in [4.69, 9.17) is 21.1 Å². The van der Waals surface area contributed by atoms with Crippen LogP contribution in [0.3, 0.4) is 0 Å². The zero-order chi connectivity index (χ0) is 31.1. The van der Waals surface area contributed by atoms with Crippen molar-refractivity contribution in [3.8, 4) is 5.75 Å². The van der Waals surface area contributed by atoms with Crippen LogP contribution in [0.25, 0.3) is 10.8 Å². The zero-order valence-corrected chi connectivity index (χ0v) is 23.8. The fourth-order valence-corrected chi connectivity index (χ4v) is 4.44. The number of fused-ring (bicyclic) bond motifs is 1. The molecule has 2 atom stereocenters. The van der Waals surface area contributed by atoms with Gasteiger partial charge in [-0.3, -0.25) is 19.2 Å². The van der Waals surface area contributed by atoms with Crippen molar-refractivity contribution < 1.29 is 41.4 Å². The van der Waals surface area contributed by atoms with Crippen LogP contribution in [0.5, 0.6) is 5.75 Å². The summed E-state index contributed by atoms with van der Waals surface area (Å²) < 4.78 is 66.5. The van der Waals surface area contributed by atoms with Gasteiger partial charge in [0.05, 0.1) is 6.42 Å². The molecule has 0 radical (unpaired) electrons. The van der Waals surface area contributed by atoms with Crippen LogP contribution in [0.1, 0.15) is 52.5 Å². The van der Waals surface area contributed by atoms with E-state index in [1.54, 1.807) is 39.0 Å². The lowest BCUT2D eigenvalue weighted by atomic mass is 10.1. The fraction of sp³-hybridized carbons (Fsp3) is 0.379. The molecule has 1 amide bonds. The Balaban J connectivity index is 1.89. The number of benzene rings is 2. The number of rotatable bonds is 13. The number of aromatic nitrogens is 1. The van der Waals surface area contributed by atoms with Crippen molar-refractivity contribution in [3.63, 3.8) is 0 Å². The van der Waals surface area contributed by atoms with E-state index in [0.717, 1.165) is 4.57 Å². The lowest BCUT2D eigenvalue weighted by molar-refractivity contribution is -0.151. The number of nitrogens with one attached hydrogen (secondary N) is 1. The van der Waals surface area contributed by atoms with Gasteiger partial charge in [0, 0.05) is 22.7 Å². The number of esters is 1. The Labute approximate surface area is 243 Å². The number of hydrogen-bond acceptors (Lipinski definition) is 6. The van der Waals surface area contributed by atoms with E-state index in [2.05, 4.69) is 5.32 Å². The minimum atomic E-state index is -1.86. The molecule has 0 saturated heterocycles. The topological polar surface area (TPSA) is 104 Å². The maximum absolute atomic E-state index is 14.0. The number of hydrogen-bond donors (Lipinski definition) is 1. The van der Waals surface area contributed by atoms with E-state index in [1.165, 1.54) is 12.3 Å². The molecule has 1 aromatic heterocycles. The van der Waals surface area contributed by atoms with E-state index in [0.29, 0.717) is 23.3 Å². The van der Waals surface area contributed by atoms with Crippen molar-refractivity contribution in [3.05, 3.63) is 75.2 Å². The summed E-state index contributed by atoms with van der Waals surface area (Å²) >= 11 is 6.03. The van der Waals surface area contributed by atoms with Gasteiger partial charge >= 0.3 is 5.97 Å². The molecule has 1 heterocycles. The molecule has 0 fully saturated rings. The van der Waals surface area contributed by atoms with Crippen LogP contribution in [-0.2, 0) is 19.1 Å². The van der Waals surface area contributed by atoms with Gasteiger partial charge in [0.15, 0.2) is 23.2 Å². The smallest absolute Gasteiger partial charge is 0.308 e. The van der Waals surface area contributed by atoms with Gasteiger partial charge in [-0.15, -0.1) is 0 Å². The average molecular weight is 613 g/mol. The van der Waals surface area contributed by atoms with Gasteiger partial charge in [0.25, 0.3) is 5.56 Å². The molecule has 42 heavy (non-hydrogen) atoms. The van der Waals surface area contributed by atoms with E-state index in [9.17, 15) is 36.7 Å². The molecule has 8 nitrogen and oxygen atoms in total. The molecule has 1 N–H and O–H groups in total. The van der Waals surface area contributed by atoms with E-state index in [1.807, 2.05) is 0 Å². The third-order valence-corrected chi connectivity index (χ3v) is 6.87. The van der Waals surface area contributed by atoms with Gasteiger partial charge in [-0.05, 0) is 42.8 Å². The van der Waals surface area contributed by atoms with E-state index in [-0.39, 0.29) is 17.9 Å². The molecule has 2 aromatic carbocycles. The summed E-state index contributed by atoms with van der Waals surface area (Å²) in [5.74, 6) is -11.4. The highest BCUT2D eigenvalue weighted by Gasteiger charge is 2.31. The van der Waals surface area contributed by atoms with Crippen LogP contribution in [0.2, 0.25) is 5.02 Å². The highest BCUT2D eigenvalue weighted by molar-refractivity contribution is 6.31. The third kappa shape index (κ3) is 7.47. The van der Waals surface area contributed by atoms with Gasteiger partial charge < -0.3 is 19.4 Å². The molecule has 0 spiro atoms. The minimum absolute atomic E-state index is 0.0240. The van der Waals surface area contributed by atoms with Gasteiger partial charge in [-0.25, -0.2) is 8.78 Å². The Morgan fingerprint density at radius 2 is 1.60 bits per heavy atom. The first-order valence-corrected chi connectivity index (χ1v) is 13.6. The number of ether oxygens (including phenoxy) is 2. The van der Waals surface area contributed by atoms with Gasteiger partial charge in [0.2, 0.25) is 17.5 Å². The van der Waals surface area contributed by atoms with Gasteiger partial charge in [-0.2, -0.15) is 8.78 Å². The Morgan fingerprint density at radius 1 is 0.952 bits per heavy atom. The number of carbonyl (C=O) groups is 3. The third-order valence-electron chi connectivity index (χ3n) is 6.64. The highest BCUT2D eigenvalue weighted by atomic mass is 35.5. The van der Waals surface area contributed by atoms with Crippen LogP contribution >= 0.6 is 11.6 Å². The summed E-state index contributed by atoms with van der Waals surface area (Å²) in [5.41, 5.74) is -0.532. The molecule has 226 valence electrons. The largest absolute Gasteiger partial charge is 0.479 e. The lowest BCUT2D eigenvalue weighted by Crippen LogP contribution is -2.48. The Morgan fingerprint density at radius 3 is 2.19 bits per heavy atom. The molecule has 0 saturated carbocycles. The monoisotopic (exact) mass is 612 g/mol. The molecule has 0 aliphatic rings. The van der Waals surface area contributed by atoms with Crippen molar-refractivity contribution in [2.24, 2.45) is 0 Å². The van der Waals surface area contributed by atoms with E-state index >= 15 is 0 Å². The van der Waals surface area contributed by atoms with Gasteiger partial charge in [-0.1, -0.05) is 38.4 Å². The molecule has 0 aliphatic carbocycles. The molecule has 0 bridgehead atoms. The number of Topliss-reactive ketones (excluding diaryl/α,β-unsaturated/α-hetero) is 1. The van der Waals surface area contributed by atoms with Crippen molar-refractivity contribution >= 4 is 40.0 Å². The predicted molar refractivity (Wildman–Crippen MR) is 146 cm³/mol. The maximum atomic E-state index is 14.0. The van der Waals surface area contributed by atoms with E-state index < -0.39 is 83.5 Å². The van der Waals surface area contributed by atoms with Crippen LogP contribution in [-0.4, -0.2) is 41.0 Å². The fourth-order valence-electron chi connectivity index (χ4n) is 4.27. The van der Waals surface area contributed by atoms with Gasteiger partial charge in [0.1, 0.15) is 24.8 Å². The second-order valence-corrected chi connectivity index (χ2v) is 9.87. The van der Waals surface area contributed by atoms with Crippen LogP contribution < -0.4 is 15.6 Å². The maximum Gasteiger partial charge on any atom is 0.308 e. The number of pyridine rings is 1. The van der Waals surface area contributed by atoms with Crippen LogP contribution in [0.4, 0.5) is 17.6 Å². The predicted octanol–water partition coefficient (Wildman–Crippen LogP) is 5.42. The quantitative estimate of drug-likeness (QED) is 0.157. The normalized spacial score (nSPS) is 12.7. The first-order valence-electron chi connectivity index (χ1n) is 13.2. The summed E-state index contributed by atoms with van der Waals surface area (Å²) in [4.78, 5) is 52.2. The molecule has 3 aromatic rings. The second-order valence-electron chi connectivity index (χ2n) is 9.43. The minimum Gasteiger partial charge on any atom is -0.479 e. The Bertz CT molecular complexity index is 1520. The standard InChI is InChI=1S/C29H29ClF4N2O6/c1-4-17(5-2)42-24(38)13-21(23(37)14-41-27-25(33)19(31)12-20(32)26(27)34)35-28(39)22(6-3)36-10-9-15-7-8-16(30)11-18(15)29(36)40/h7-12,17,21-22H,4-6,13-14H2,1-3H3,(H,35,39)/t21?,22-/m0/s1. The Hall–Kier alpha value is -3.93. The number of nitrogens with zero attached hydrogens (tertiary/aromatic N) is 1. The highest BCUT2D eigenvalue weighted by Crippen LogP contribution is 2.26. The summed E-state index contributed by atoms with van der Waals surface area (Å²) in [5, 5.41) is 3.53. The number of halogens is 5. The number of carbonyl (C=O) groups excluding carboxylic acids is 3. The molecule has 0 aliphatic heterocycles. The molecule has 3 rings (SSSR count). The number of amides is 1. The molecular weight excluding hydrogens is 584 g/mol. The van der Waals surface area contributed by atoms with Crippen molar-refractivity contribution in [1.82, 2.24) is 9.88 Å². The lowest BCUT2D eigenvalue weighted by Gasteiger charge is -2.23. The summed E-state index contributed by atoms with van der Waals surface area (Å²) in [7, 11) is 0.